The van der Waals surface area contributed by atoms with Gasteiger partial charge in [-0.05, 0) is 73.4 Å². The molecule has 0 bridgehead atoms. The van der Waals surface area contributed by atoms with Crippen molar-refractivity contribution in [3.8, 4) is 5.75 Å². The van der Waals surface area contributed by atoms with Crippen molar-refractivity contribution in [2.24, 2.45) is 0 Å². The van der Waals surface area contributed by atoms with E-state index in [2.05, 4.69) is 10.3 Å². The van der Waals surface area contributed by atoms with Crippen LogP contribution in [0, 0.1) is 0 Å². The normalized spacial score (nSPS) is 13.2. The summed E-state index contributed by atoms with van der Waals surface area (Å²) in [6.45, 7) is 14.5. The lowest BCUT2D eigenvalue weighted by Crippen LogP contribution is -2.53. The van der Waals surface area contributed by atoms with Crippen LogP contribution in [-0.4, -0.2) is 81.8 Å². The first-order chi connectivity index (χ1) is 22.2. The Morgan fingerprint density at radius 2 is 1.44 bits per heavy atom. The Balaban J connectivity index is 2.67. The van der Waals surface area contributed by atoms with Crippen molar-refractivity contribution in [3.05, 3.63) is 65.5 Å². The smallest absolute Gasteiger partial charge is 0.420 e. The van der Waals surface area contributed by atoms with Gasteiger partial charge in [0, 0.05) is 18.2 Å². The van der Waals surface area contributed by atoms with Gasteiger partial charge in [0.25, 0.3) is 0 Å². The first kappa shape index (κ1) is 39.5. The Morgan fingerprint density at radius 3 is 1.94 bits per heavy atom. The van der Waals surface area contributed by atoms with E-state index in [1.165, 1.54) is 18.5 Å². The summed E-state index contributed by atoms with van der Waals surface area (Å²) in [4.78, 5) is 57.7. The highest BCUT2D eigenvalue weighted by Gasteiger charge is 2.41. The molecule has 2 atom stereocenters. The summed E-state index contributed by atoms with van der Waals surface area (Å²) in [5.74, 6) is -0.684. The number of hydrogen-bond donors (Lipinski definition) is 2. The van der Waals surface area contributed by atoms with Crippen molar-refractivity contribution in [1.82, 2.24) is 15.2 Å². The van der Waals surface area contributed by atoms with E-state index in [0.29, 0.717) is 16.0 Å². The van der Waals surface area contributed by atoms with Crippen molar-refractivity contribution >= 4 is 30.3 Å². The van der Waals surface area contributed by atoms with Gasteiger partial charge in [-0.1, -0.05) is 42.5 Å². The fourth-order valence-electron chi connectivity index (χ4n) is 4.10. The van der Waals surface area contributed by atoms with Gasteiger partial charge in [-0.3, -0.25) is 4.98 Å². The standard InChI is InChI=1S/C35H49N3O10/c1-33(2,3)46-30(41)37-25(21-39)17-16-24-19-36-20-28(45-22-23-14-12-11-13-15-23)26(24)18-27(29(40)44-10)38(31(42)47-34(4,5)6)32(43)48-35(7,8)9/h11-17,19-20,25,27,39H,18,21-22H2,1-10H3,(H,37,41)/b17-16-/t25-,27+/m1/s1. The van der Waals surface area contributed by atoms with Crippen LogP contribution in [0.1, 0.15) is 79.0 Å². The number of methoxy groups -OCH3 is 1. The number of aliphatic hydroxyl groups excluding tert-OH is 1. The molecule has 1 heterocycles. The number of imide groups is 1. The minimum atomic E-state index is -1.57. The molecular formula is C35H49N3O10. The molecule has 0 spiro atoms. The molecule has 1 aromatic heterocycles. The van der Waals surface area contributed by atoms with Gasteiger partial charge >= 0.3 is 24.2 Å². The third-order valence-electron chi connectivity index (χ3n) is 6.06. The van der Waals surface area contributed by atoms with E-state index >= 15 is 0 Å². The van der Waals surface area contributed by atoms with E-state index in [9.17, 15) is 24.3 Å². The van der Waals surface area contributed by atoms with Gasteiger partial charge in [0.05, 0.1) is 26.0 Å². The summed E-state index contributed by atoms with van der Waals surface area (Å²) in [7, 11) is 1.13. The van der Waals surface area contributed by atoms with Crippen LogP contribution in [0.15, 0.2) is 48.8 Å². The average molecular weight is 672 g/mol. The van der Waals surface area contributed by atoms with Crippen molar-refractivity contribution in [2.75, 3.05) is 13.7 Å². The molecule has 0 aliphatic carbocycles. The van der Waals surface area contributed by atoms with Crippen molar-refractivity contribution in [3.63, 3.8) is 0 Å². The number of nitrogens with one attached hydrogen (secondary N) is 1. The maximum Gasteiger partial charge on any atom is 0.420 e. The molecule has 0 aliphatic rings. The van der Waals surface area contributed by atoms with E-state index in [0.717, 1.165) is 12.7 Å². The summed E-state index contributed by atoms with van der Waals surface area (Å²) in [6.07, 6.45) is 2.72. The van der Waals surface area contributed by atoms with Gasteiger partial charge in [0.15, 0.2) is 0 Å². The van der Waals surface area contributed by atoms with E-state index in [1.807, 2.05) is 30.3 Å². The molecule has 2 N–H and O–H groups in total. The van der Waals surface area contributed by atoms with Crippen molar-refractivity contribution in [2.45, 2.75) is 104 Å². The topological polar surface area (TPSA) is 163 Å². The number of aromatic nitrogens is 1. The molecule has 3 amide bonds. The SMILES string of the molecule is COC(=O)[C@H](Cc1c(/C=C\[C@H](CO)NC(=O)OC(C)(C)C)cncc1OCc1ccccc1)N(C(=O)OC(C)(C)C)C(=O)OC(C)(C)C. The minimum absolute atomic E-state index is 0.132. The number of alkyl carbamates (subject to hydrolysis) is 1. The molecule has 13 heteroatoms. The molecule has 13 nitrogen and oxygen atoms in total. The third kappa shape index (κ3) is 13.6. The second-order valence-electron chi connectivity index (χ2n) is 13.8. The van der Waals surface area contributed by atoms with Gasteiger partial charge in [0.2, 0.25) is 0 Å². The van der Waals surface area contributed by atoms with Crippen LogP contribution >= 0.6 is 0 Å². The molecule has 1 aromatic carbocycles. The molecule has 0 saturated heterocycles. The predicted octanol–water partition coefficient (Wildman–Crippen LogP) is 5.82. The number of esters is 1. The minimum Gasteiger partial charge on any atom is -0.487 e. The van der Waals surface area contributed by atoms with E-state index in [1.54, 1.807) is 68.4 Å². The van der Waals surface area contributed by atoms with Crippen LogP contribution in [0.2, 0.25) is 0 Å². The van der Waals surface area contributed by atoms with E-state index < -0.39 is 59.7 Å². The second kappa shape index (κ2) is 17.0. The fourth-order valence-corrected chi connectivity index (χ4v) is 4.10. The molecular weight excluding hydrogens is 622 g/mol. The number of nitrogens with zero attached hydrogens (tertiary/aromatic N) is 2. The molecule has 0 radical (unpaired) electrons. The molecule has 0 saturated carbocycles. The third-order valence-corrected chi connectivity index (χ3v) is 6.06. The van der Waals surface area contributed by atoms with Crippen molar-refractivity contribution < 1.29 is 48.0 Å². The molecule has 2 rings (SSSR count). The largest absolute Gasteiger partial charge is 0.487 e. The summed E-state index contributed by atoms with van der Waals surface area (Å²) in [5.41, 5.74) is -1.20. The molecule has 48 heavy (non-hydrogen) atoms. The van der Waals surface area contributed by atoms with Crippen LogP contribution in [0.3, 0.4) is 0 Å². The number of benzene rings is 1. The Hall–Kier alpha value is -4.65. The number of pyridine rings is 1. The first-order valence-corrected chi connectivity index (χ1v) is 15.5. The maximum atomic E-state index is 13.5. The number of carbonyl (C=O) groups is 4. The van der Waals surface area contributed by atoms with Crippen molar-refractivity contribution in [1.29, 1.82) is 0 Å². The van der Waals surface area contributed by atoms with Gasteiger partial charge < -0.3 is 34.1 Å². The molecule has 0 fully saturated rings. The van der Waals surface area contributed by atoms with E-state index in [-0.39, 0.29) is 18.8 Å². The lowest BCUT2D eigenvalue weighted by molar-refractivity contribution is -0.146. The van der Waals surface area contributed by atoms with Gasteiger partial charge in [0.1, 0.15) is 35.2 Å². The number of carbonyl (C=O) groups excluding carboxylic acids is 4. The zero-order valence-electron chi connectivity index (χ0n) is 29.5. The van der Waals surface area contributed by atoms with Crippen LogP contribution in [-0.2, 0) is 36.8 Å². The summed E-state index contributed by atoms with van der Waals surface area (Å²) < 4.78 is 27.6. The number of rotatable bonds is 11. The zero-order chi connectivity index (χ0) is 36.3. The summed E-state index contributed by atoms with van der Waals surface area (Å²) in [6, 6.07) is 6.89. The zero-order valence-corrected chi connectivity index (χ0v) is 29.5. The van der Waals surface area contributed by atoms with Crippen LogP contribution in [0.4, 0.5) is 14.4 Å². The van der Waals surface area contributed by atoms with E-state index in [4.69, 9.17) is 23.7 Å². The van der Waals surface area contributed by atoms with Gasteiger partial charge in [-0.2, -0.15) is 4.90 Å². The molecule has 2 aromatic rings. The molecule has 264 valence electrons. The predicted molar refractivity (Wildman–Crippen MR) is 178 cm³/mol. The lowest BCUT2D eigenvalue weighted by Gasteiger charge is -2.32. The second-order valence-corrected chi connectivity index (χ2v) is 13.8. The van der Waals surface area contributed by atoms with Gasteiger partial charge in [-0.25, -0.2) is 19.2 Å². The quantitative estimate of drug-likeness (QED) is 0.219. The molecule has 0 aliphatic heterocycles. The Bertz CT molecular complexity index is 1390. The number of ether oxygens (including phenoxy) is 5. The first-order valence-electron chi connectivity index (χ1n) is 15.5. The fraction of sp³-hybridized carbons (Fsp3) is 0.514. The highest BCUT2D eigenvalue weighted by atomic mass is 16.6. The van der Waals surface area contributed by atoms with Crippen LogP contribution in [0.25, 0.3) is 6.08 Å². The Morgan fingerprint density at radius 1 is 0.875 bits per heavy atom. The Labute approximate surface area is 282 Å². The van der Waals surface area contributed by atoms with Crippen LogP contribution in [0.5, 0.6) is 5.75 Å². The highest BCUT2D eigenvalue weighted by Crippen LogP contribution is 2.28. The monoisotopic (exact) mass is 671 g/mol. The number of aliphatic hydroxyl groups is 1. The van der Waals surface area contributed by atoms with Gasteiger partial charge in [-0.15, -0.1) is 0 Å². The highest BCUT2D eigenvalue weighted by molar-refractivity contribution is 5.94. The Kier molecular flexibility index (Phi) is 14.0. The lowest BCUT2D eigenvalue weighted by atomic mass is 9.99. The summed E-state index contributed by atoms with van der Waals surface area (Å²) >= 11 is 0. The number of amides is 3. The number of hydrogen-bond acceptors (Lipinski definition) is 11. The maximum absolute atomic E-state index is 13.5. The summed E-state index contributed by atoms with van der Waals surface area (Å²) in [5, 5.41) is 12.6. The average Bonchev–Trinajstić information content (AvgIpc) is 2.95. The molecule has 0 unspecified atom stereocenters. The van der Waals surface area contributed by atoms with Crippen LogP contribution < -0.4 is 10.1 Å².